The maximum Gasteiger partial charge on any atom is 0.279 e. The molecule has 2 heterocycles. The molecule has 2 rings (SSSR count). The summed E-state index contributed by atoms with van der Waals surface area (Å²) in [7, 11) is 0. The highest BCUT2D eigenvalue weighted by molar-refractivity contribution is 7.12. The number of nitrogens with two attached hydrogens (primary N) is 1. The number of hydrogen-bond donors (Lipinski definition) is 3. The zero-order chi connectivity index (χ0) is 15.1. The Labute approximate surface area is 128 Å². The highest BCUT2D eigenvalue weighted by atomic mass is 32.1. The van der Waals surface area contributed by atoms with E-state index in [0.717, 1.165) is 38.9 Å². The summed E-state index contributed by atoms with van der Waals surface area (Å²) in [5.74, 6) is 0.227. The Balaban J connectivity index is 1.65. The summed E-state index contributed by atoms with van der Waals surface area (Å²) in [5, 5.41) is 1.82. The Kier molecular flexibility index (Phi) is 6.16. The summed E-state index contributed by atoms with van der Waals surface area (Å²) < 4.78 is 0. The third-order valence-electron chi connectivity index (χ3n) is 3.71. The molecule has 0 aliphatic carbocycles. The number of carbonyl (C=O) groups excluding carboxylic acids is 2. The predicted molar refractivity (Wildman–Crippen MR) is 82.8 cm³/mol. The Hall–Kier alpha value is -1.44. The van der Waals surface area contributed by atoms with E-state index in [4.69, 9.17) is 5.73 Å². The lowest BCUT2D eigenvalue weighted by molar-refractivity contribution is -0.123. The minimum atomic E-state index is -0.278. The lowest BCUT2D eigenvalue weighted by Gasteiger charge is -2.31. The molecule has 1 aliphatic rings. The molecule has 21 heavy (non-hydrogen) atoms. The number of likely N-dealkylation sites (tertiary alicyclic amines) is 1. The van der Waals surface area contributed by atoms with E-state index in [1.165, 1.54) is 11.3 Å². The Morgan fingerprint density at radius 3 is 2.71 bits per heavy atom. The molecule has 2 amide bonds. The second kappa shape index (κ2) is 8.11. The van der Waals surface area contributed by atoms with Gasteiger partial charge in [0.05, 0.1) is 11.4 Å². The normalized spacial score (nSPS) is 16.6. The van der Waals surface area contributed by atoms with Gasteiger partial charge < -0.3 is 5.73 Å². The number of piperidine rings is 1. The summed E-state index contributed by atoms with van der Waals surface area (Å²) >= 11 is 1.34. The molecule has 7 heteroatoms. The highest BCUT2D eigenvalue weighted by Crippen LogP contribution is 2.19. The van der Waals surface area contributed by atoms with Gasteiger partial charge in [-0.2, -0.15) is 0 Å². The summed E-state index contributed by atoms with van der Waals surface area (Å²) in [4.78, 5) is 26.2. The van der Waals surface area contributed by atoms with Gasteiger partial charge in [-0.05, 0) is 56.3 Å². The van der Waals surface area contributed by atoms with Crippen LogP contribution in [0.15, 0.2) is 17.5 Å². The van der Waals surface area contributed by atoms with Gasteiger partial charge in [-0.15, -0.1) is 11.3 Å². The zero-order valence-electron chi connectivity index (χ0n) is 12.0. The monoisotopic (exact) mass is 310 g/mol. The van der Waals surface area contributed by atoms with E-state index in [1.54, 1.807) is 12.1 Å². The molecule has 0 unspecified atom stereocenters. The van der Waals surface area contributed by atoms with Crippen LogP contribution in [0, 0.1) is 5.92 Å². The van der Waals surface area contributed by atoms with Gasteiger partial charge in [-0.3, -0.25) is 25.3 Å². The number of rotatable bonds is 5. The van der Waals surface area contributed by atoms with Crippen molar-refractivity contribution in [3.63, 3.8) is 0 Å². The topological polar surface area (TPSA) is 87.5 Å². The minimum absolute atomic E-state index is 0.183. The summed E-state index contributed by atoms with van der Waals surface area (Å²) in [5.41, 5.74) is 10.5. The van der Waals surface area contributed by atoms with Gasteiger partial charge in [0.1, 0.15) is 0 Å². The molecule has 116 valence electrons. The van der Waals surface area contributed by atoms with Crippen molar-refractivity contribution in [2.75, 3.05) is 26.2 Å². The summed E-state index contributed by atoms with van der Waals surface area (Å²) in [6.07, 6.45) is 3.25. The number of nitrogens with one attached hydrogen (secondary N) is 2. The molecule has 6 nitrogen and oxygen atoms in total. The molecule has 0 atom stereocenters. The molecule has 1 aromatic rings. The average molecular weight is 310 g/mol. The van der Waals surface area contributed by atoms with E-state index in [0.29, 0.717) is 17.3 Å². The predicted octanol–water partition coefficient (Wildman–Crippen LogP) is 0.570. The van der Waals surface area contributed by atoms with Gasteiger partial charge in [0.2, 0.25) is 0 Å². The molecule has 0 saturated carbocycles. The summed E-state index contributed by atoms with van der Waals surface area (Å²) in [6, 6.07) is 3.52. The average Bonchev–Trinajstić information content (AvgIpc) is 3.01. The van der Waals surface area contributed by atoms with Gasteiger partial charge >= 0.3 is 0 Å². The van der Waals surface area contributed by atoms with Crippen LogP contribution in [0.2, 0.25) is 0 Å². The molecule has 0 bridgehead atoms. The zero-order valence-corrected chi connectivity index (χ0v) is 12.8. The van der Waals surface area contributed by atoms with Crippen molar-refractivity contribution in [3.8, 4) is 0 Å². The van der Waals surface area contributed by atoms with Crippen LogP contribution in [-0.2, 0) is 4.79 Å². The highest BCUT2D eigenvalue weighted by Gasteiger charge is 2.20. The van der Waals surface area contributed by atoms with Crippen LogP contribution in [0.5, 0.6) is 0 Å². The van der Waals surface area contributed by atoms with Crippen LogP contribution in [0.25, 0.3) is 0 Å². The molecule has 0 radical (unpaired) electrons. The van der Waals surface area contributed by atoms with Crippen molar-refractivity contribution in [2.24, 2.45) is 11.7 Å². The van der Waals surface area contributed by atoms with E-state index in [9.17, 15) is 9.59 Å². The van der Waals surface area contributed by atoms with E-state index in [2.05, 4.69) is 15.8 Å². The Bertz CT molecular complexity index is 456. The van der Waals surface area contributed by atoms with E-state index in [-0.39, 0.29) is 11.8 Å². The fourth-order valence-electron chi connectivity index (χ4n) is 2.51. The van der Waals surface area contributed by atoms with Crippen LogP contribution in [0.1, 0.15) is 28.9 Å². The fraction of sp³-hybridized carbons (Fsp3) is 0.571. The first kappa shape index (κ1) is 15.9. The maximum absolute atomic E-state index is 11.8. The number of hydrazine groups is 1. The molecular formula is C14H22N4O2S. The van der Waals surface area contributed by atoms with Gasteiger partial charge in [0.15, 0.2) is 0 Å². The second-order valence-electron chi connectivity index (χ2n) is 5.28. The van der Waals surface area contributed by atoms with Crippen LogP contribution >= 0.6 is 11.3 Å². The van der Waals surface area contributed by atoms with Crippen LogP contribution < -0.4 is 16.6 Å². The molecule has 1 fully saturated rings. The molecule has 4 N–H and O–H groups in total. The van der Waals surface area contributed by atoms with Gasteiger partial charge in [-0.1, -0.05) is 6.07 Å². The quantitative estimate of drug-likeness (QED) is 0.694. The smallest absolute Gasteiger partial charge is 0.279 e. The third-order valence-corrected chi connectivity index (χ3v) is 4.58. The molecule has 0 spiro atoms. The van der Waals surface area contributed by atoms with Crippen molar-refractivity contribution in [2.45, 2.75) is 19.3 Å². The first-order valence-electron chi connectivity index (χ1n) is 7.24. The Morgan fingerprint density at radius 1 is 1.33 bits per heavy atom. The van der Waals surface area contributed by atoms with E-state index in [1.807, 2.05) is 5.38 Å². The third kappa shape index (κ3) is 5.11. The summed E-state index contributed by atoms with van der Waals surface area (Å²) in [6.45, 7) is 2.88. The lowest BCUT2D eigenvalue weighted by Crippen LogP contribution is -2.47. The largest absolute Gasteiger partial charge is 0.330 e. The SMILES string of the molecule is NCCC1CCN(CC(=O)NNC(=O)c2cccs2)CC1. The molecule has 1 saturated heterocycles. The van der Waals surface area contributed by atoms with Crippen molar-refractivity contribution in [1.82, 2.24) is 15.8 Å². The first-order valence-corrected chi connectivity index (χ1v) is 8.12. The number of amides is 2. The fourth-order valence-corrected chi connectivity index (χ4v) is 3.13. The van der Waals surface area contributed by atoms with Gasteiger partial charge in [0.25, 0.3) is 11.8 Å². The number of hydrogen-bond acceptors (Lipinski definition) is 5. The lowest BCUT2D eigenvalue weighted by atomic mass is 9.94. The first-order chi connectivity index (χ1) is 10.2. The van der Waals surface area contributed by atoms with Crippen LogP contribution in [0.3, 0.4) is 0 Å². The molecule has 0 aromatic carbocycles. The second-order valence-corrected chi connectivity index (χ2v) is 6.22. The van der Waals surface area contributed by atoms with Crippen molar-refractivity contribution < 1.29 is 9.59 Å². The van der Waals surface area contributed by atoms with Crippen LogP contribution in [-0.4, -0.2) is 42.9 Å². The molecule has 1 aromatic heterocycles. The minimum Gasteiger partial charge on any atom is -0.330 e. The Morgan fingerprint density at radius 2 is 2.10 bits per heavy atom. The van der Waals surface area contributed by atoms with E-state index >= 15 is 0 Å². The number of carbonyl (C=O) groups is 2. The van der Waals surface area contributed by atoms with Gasteiger partial charge in [-0.25, -0.2) is 0 Å². The van der Waals surface area contributed by atoms with E-state index < -0.39 is 0 Å². The van der Waals surface area contributed by atoms with Crippen LogP contribution in [0.4, 0.5) is 0 Å². The van der Waals surface area contributed by atoms with Crippen molar-refractivity contribution >= 4 is 23.2 Å². The number of thiophene rings is 1. The van der Waals surface area contributed by atoms with Crippen molar-refractivity contribution in [3.05, 3.63) is 22.4 Å². The number of nitrogens with zero attached hydrogens (tertiary/aromatic N) is 1. The maximum atomic E-state index is 11.8. The molecular weight excluding hydrogens is 288 g/mol. The van der Waals surface area contributed by atoms with Gasteiger partial charge in [0, 0.05) is 0 Å². The van der Waals surface area contributed by atoms with Crippen molar-refractivity contribution in [1.29, 1.82) is 0 Å². The standard InChI is InChI=1S/C14H22N4O2S/c15-6-3-11-4-7-18(8-5-11)10-13(19)16-17-14(20)12-2-1-9-21-12/h1-2,9,11H,3-8,10,15H2,(H,16,19)(H,17,20). The molecule has 1 aliphatic heterocycles.